The van der Waals surface area contributed by atoms with E-state index < -0.39 is 27.0 Å². The number of alkyl halides is 3. The number of nitrogens with one attached hydrogen (secondary N) is 1. The van der Waals surface area contributed by atoms with Gasteiger partial charge in [0.1, 0.15) is 10.6 Å². The highest BCUT2D eigenvalue weighted by atomic mass is 35.5. The van der Waals surface area contributed by atoms with Crippen LogP contribution >= 0.6 is 12.4 Å². The topological polar surface area (TPSA) is 58.6 Å². The summed E-state index contributed by atoms with van der Waals surface area (Å²) in [6, 6.07) is 5.31. The van der Waals surface area contributed by atoms with E-state index in [1.807, 2.05) is 0 Å². The molecule has 26 heavy (non-hydrogen) atoms. The minimum Gasteiger partial charge on any atom is -0.404 e. The summed E-state index contributed by atoms with van der Waals surface area (Å²) in [6.07, 6.45) is -1.30. The molecule has 10 heteroatoms. The molecule has 1 N–H and O–H groups in total. The van der Waals surface area contributed by atoms with Crippen molar-refractivity contribution in [2.75, 3.05) is 19.6 Å². The lowest BCUT2D eigenvalue weighted by Crippen LogP contribution is -2.43. The third kappa shape index (κ3) is 4.82. The SMILES string of the molecule is Cl.O=S(=O)(c1ccccc1OC(F)(F)F)N1CCC(C2CCCN2)CC1. The maximum Gasteiger partial charge on any atom is 0.573 e. The van der Waals surface area contributed by atoms with E-state index in [0.29, 0.717) is 37.9 Å². The molecule has 0 spiro atoms. The van der Waals surface area contributed by atoms with Gasteiger partial charge in [0.25, 0.3) is 0 Å². The molecule has 1 aromatic rings. The molecule has 3 rings (SSSR count). The Labute approximate surface area is 157 Å². The van der Waals surface area contributed by atoms with Gasteiger partial charge in [-0.25, -0.2) is 8.42 Å². The summed E-state index contributed by atoms with van der Waals surface area (Å²) in [5.41, 5.74) is 0. The molecule has 5 nitrogen and oxygen atoms in total. The standard InChI is InChI=1S/C16H21F3N2O3S.ClH/c17-16(18,19)24-14-5-1-2-6-15(14)25(22,23)21-10-7-12(8-11-21)13-4-3-9-20-13;/h1-2,5-6,12-13,20H,3-4,7-11H2;1H. The van der Waals surface area contributed by atoms with Crippen LogP contribution in [0.15, 0.2) is 29.2 Å². The van der Waals surface area contributed by atoms with Gasteiger partial charge < -0.3 is 10.1 Å². The maximum absolute atomic E-state index is 12.8. The number of halogens is 4. The van der Waals surface area contributed by atoms with Crippen molar-refractivity contribution in [3.05, 3.63) is 24.3 Å². The van der Waals surface area contributed by atoms with Crippen LogP contribution in [0.3, 0.4) is 0 Å². The van der Waals surface area contributed by atoms with Crippen molar-refractivity contribution < 1.29 is 26.3 Å². The average molecular weight is 415 g/mol. The summed E-state index contributed by atoms with van der Waals surface area (Å²) in [7, 11) is -4.02. The van der Waals surface area contributed by atoms with Gasteiger partial charge in [0.2, 0.25) is 10.0 Å². The van der Waals surface area contributed by atoms with Crippen LogP contribution in [0.4, 0.5) is 13.2 Å². The van der Waals surface area contributed by atoms with Crippen LogP contribution in [-0.4, -0.2) is 44.8 Å². The molecule has 0 saturated carbocycles. The Bertz CT molecular complexity index is 701. The van der Waals surface area contributed by atoms with Crippen molar-refractivity contribution in [2.24, 2.45) is 5.92 Å². The van der Waals surface area contributed by atoms with Gasteiger partial charge in [-0.3, -0.25) is 0 Å². The third-order valence-corrected chi connectivity index (χ3v) is 6.80. The number of ether oxygens (including phenoxy) is 1. The van der Waals surface area contributed by atoms with E-state index in [-0.39, 0.29) is 12.4 Å². The predicted molar refractivity (Wildman–Crippen MR) is 92.9 cm³/mol. The average Bonchev–Trinajstić information content (AvgIpc) is 3.08. The molecule has 1 aromatic carbocycles. The first kappa shape index (κ1) is 21.3. The maximum atomic E-state index is 12.8. The number of nitrogens with zero attached hydrogens (tertiary/aromatic N) is 1. The van der Waals surface area contributed by atoms with E-state index in [2.05, 4.69) is 10.1 Å². The molecule has 0 aliphatic carbocycles. The largest absolute Gasteiger partial charge is 0.573 e. The minimum absolute atomic E-state index is 0. The van der Waals surface area contributed by atoms with Gasteiger partial charge in [0.05, 0.1) is 0 Å². The highest BCUT2D eigenvalue weighted by molar-refractivity contribution is 7.89. The first-order valence-corrected chi connectivity index (χ1v) is 9.80. The summed E-state index contributed by atoms with van der Waals surface area (Å²) in [5, 5.41) is 3.43. The van der Waals surface area contributed by atoms with Crippen LogP contribution in [0, 0.1) is 5.92 Å². The molecular weight excluding hydrogens is 393 g/mol. The zero-order valence-corrected chi connectivity index (χ0v) is 15.7. The molecule has 0 aromatic heterocycles. The number of piperidine rings is 1. The zero-order chi connectivity index (χ0) is 18.1. The van der Waals surface area contributed by atoms with E-state index >= 15 is 0 Å². The van der Waals surface area contributed by atoms with E-state index in [9.17, 15) is 21.6 Å². The molecule has 2 aliphatic rings. The Morgan fingerprint density at radius 1 is 1.12 bits per heavy atom. The van der Waals surface area contributed by atoms with Crippen LogP contribution in [0.5, 0.6) is 5.75 Å². The number of sulfonamides is 1. The van der Waals surface area contributed by atoms with Crippen LogP contribution < -0.4 is 10.1 Å². The Morgan fingerprint density at radius 2 is 1.77 bits per heavy atom. The second-order valence-electron chi connectivity index (χ2n) is 6.44. The first-order chi connectivity index (χ1) is 11.8. The van der Waals surface area contributed by atoms with Gasteiger partial charge in [0.15, 0.2) is 0 Å². The normalized spacial score (nSPS) is 22.8. The van der Waals surface area contributed by atoms with Gasteiger partial charge in [-0.15, -0.1) is 25.6 Å². The molecule has 0 bridgehead atoms. The minimum atomic E-state index is -4.94. The fraction of sp³-hybridized carbons (Fsp3) is 0.625. The molecule has 1 unspecified atom stereocenters. The molecule has 2 heterocycles. The fourth-order valence-electron chi connectivity index (χ4n) is 3.64. The van der Waals surface area contributed by atoms with Gasteiger partial charge in [-0.2, -0.15) is 4.31 Å². The van der Waals surface area contributed by atoms with Gasteiger partial charge >= 0.3 is 6.36 Å². The van der Waals surface area contributed by atoms with Crippen molar-refractivity contribution in [1.29, 1.82) is 0 Å². The number of benzene rings is 1. The molecule has 2 fully saturated rings. The summed E-state index contributed by atoms with van der Waals surface area (Å²) >= 11 is 0. The van der Waals surface area contributed by atoms with Crippen molar-refractivity contribution in [2.45, 2.75) is 43.0 Å². The lowest BCUT2D eigenvalue weighted by molar-refractivity contribution is -0.275. The smallest absolute Gasteiger partial charge is 0.404 e. The van der Waals surface area contributed by atoms with E-state index in [1.54, 1.807) is 0 Å². The Balaban J connectivity index is 0.00000243. The van der Waals surface area contributed by atoms with Crippen molar-refractivity contribution in [3.63, 3.8) is 0 Å². The van der Waals surface area contributed by atoms with E-state index in [0.717, 1.165) is 31.5 Å². The molecule has 148 valence electrons. The monoisotopic (exact) mass is 414 g/mol. The van der Waals surface area contributed by atoms with E-state index in [1.165, 1.54) is 16.4 Å². The quantitative estimate of drug-likeness (QED) is 0.822. The predicted octanol–water partition coefficient (Wildman–Crippen LogP) is 3.16. The Kier molecular flexibility index (Phi) is 6.81. The van der Waals surface area contributed by atoms with Crippen molar-refractivity contribution >= 4 is 22.4 Å². The van der Waals surface area contributed by atoms with Gasteiger partial charge in [-0.05, 0) is 50.3 Å². The van der Waals surface area contributed by atoms with Crippen LogP contribution in [0.2, 0.25) is 0 Å². The summed E-state index contributed by atoms with van der Waals surface area (Å²) in [5.74, 6) is -0.273. The molecule has 1 atom stereocenters. The fourth-order valence-corrected chi connectivity index (χ4v) is 5.23. The summed E-state index contributed by atoms with van der Waals surface area (Å²) in [6.45, 7) is 1.61. The van der Waals surface area contributed by atoms with Gasteiger partial charge in [-0.1, -0.05) is 12.1 Å². The Morgan fingerprint density at radius 3 is 2.35 bits per heavy atom. The van der Waals surface area contributed by atoms with Crippen molar-refractivity contribution in [3.8, 4) is 5.75 Å². The molecule has 0 radical (unpaired) electrons. The van der Waals surface area contributed by atoms with Crippen LogP contribution in [0.25, 0.3) is 0 Å². The summed E-state index contributed by atoms with van der Waals surface area (Å²) < 4.78 is 68.3. The number of hydrogen-bond acceptors (Lipinski definition) is 4. The van der Waals surface area contributed by atoms with E-state index in [4.69, 9.17) is 0 Å². The lowest BCUT2D eigenvalue weighted by atomic mass is 9.89. The second-order valence-corrected chi connectivity index (χ2v) is 8.35. The highest BCUT2D eigenvalue weighted by Crippen LogP contribution is 2.34. The number of rotatable bonds is 4. The molecular formula is C16H22ClF3N2O3S. The van der Waals surface area contributed by atoms with Crippen molar-refractivity contribution in [1.82, 2.24) is 9.62 Å². The number of para-hydroxylation sites is 1. The Hall–Kier alpha value is -1.03. The van der Waals surface area contributed by atoms with Gasteiger partial charge in [0, 0.05) is 19.1 Å². The van der Waals surface area contributed by atoms with Crippen LogP contribution in [0.1, 0.15) is 25.7 Å². The third-order valence-electron chi connectivity index (χ3n) is 4.86. The molecule has 0 amide bonds. The first-order valence-electron chi connectivity index (χ1n) is 8.36. The zero-order valence-electron chi connectivity index (χ0n) is 14.0. The highest BCUT2D eigenvalue weighted by Gasteiger charge is 2.37. The lowest BCUT2D eigenvalue weighted by Gasteiger charge is -2.34. The van der Waals surface area contributed by atoms with Crippen LogP contribution in [-0.2, 0) is 10.0 Å². The summed E-state index contributed by atoms with van der Waals surface area (Å²) in [4.78, 5) is -0.440. The molecule has 2 aliphatic heterocycles. The molecule has 2 saturated heterocycles. The number of hydrogen-bond donors (Lipinski definition) is 1. The second kappa shape index (κ2) is 8.33.